The smallest absolute Gasteiger partial charge is 0.312 e. The Labute approximate surface area is 180 Å². The van der Waals surface area contributed by atoms with Crippen molar-refractivity contribution >= 4 is 5.97 Å². The highest BCUT2D eigenvalue weighted by Crippen LogP contribution is 2.41. The molecule has 3 atom stereocenters. The Morgan fingerprint density at radius 1 is 0.871 bits per heavy atom. The highest BCUT2D eigenvalue weighted by Gasteiger charge is 2.45. The molecule has 8 heteroatoms. The lowest BCUT2D eigenvalue weighted by Gasteiger charge is -2.21. The molecule has 2 aromatic rings. The van der Waals surface area contributed by atoms with E-state index in [1.807, 2.05) is 30.3 Å². The number of methoxy groups -OCH3 is 4. The molecular weight excluding hydrogens is 404 g/mol. The molecule has 2 heterocycles. The molecule has 0 N–H and O–H groups in total. The van der Waals surface area contributed by atoms with Crippen molar-refractivity contribution in [2.45, 2.75) is 19.1 Å². The van der Waals surface area contributed by atoms with Crippen LogP contribution >= 0.6 is 0 Å². The van der Waals surface area contributed by atoms with E-state index >= 15 is 0 Å². The summed E-state index contributed by atoms with van der Waals surface area (Å²) in [5.41, 5.74) is 1.90. The topological polar surface area (TPSA) is 81.7 Å². The SMILES string of the molecule is COc1cc(C[C@H]2C(=O)OC(OC)[C@@H]2Cc2ccc3c(c2)OCO3)cc(OC)c1OC. The number of carbonyl (C=O) groups excluding carboxylic acids is 1. The number of rotatable bonds is 8. The summed E-state index contributed by atoms with van der Waals surface area (Å²) in [4.78, 5) is 12.7. The Kier molecular flexibility index (Phi) is 6.08. The first kappa shape index (κ1) is 21.1. The number of hydrogen-bond acceptors (Lipinski definition) is 8. The molecule has 1 saturated heterocycles. The van der Waals surface area contributed by atoms with Gasteiger partial charge in [0, 0.05) is 13.0 Å². The molecule has 0 saturated carbocycles. The van der Waals surface area contributed by atoms with Crippen LogP contribution in [0.25, 0.3) is 0 Å². The van der Waals surface area contributed by atoms with E-state index in [4.69, 9.17) is 33.2 Å². The molecular formula is C23H26O8. The maximum Gasteiger partial charge on any atom is 0.312 e. The molecule has 166 valence electrons. The van der Waals surface area contributed by atoms with Crippen LogP contribution < -0.4 is 23.7 Å². The van der Waals surface area contributed by atoms with Crippen LogP contribution in [0.3, 0.4) is 0 Å². The number of ether oxygens (including phenoxy) is 7. The van der Waals surface area contributed by atoms with Crippen molar-refractivity contribution in [1.29, 1.82) is 0 Å². The molecule has 0 amide bonds. The van der Waals surface area contributed by atoms with Gasteiger partial charge < -0.3 is 33.2 Å². The third-order valence-electron chi connectivity index (χ3n) is 5.72. The van der Waals surface area contributed by atoms with Crippen molar-refractivity contribution in [2.75, 3.05) is 35.2 Å². The second-order valence-electron chi connectivity index (χ2n) is 7.44. The highest BCUT2D eigenvalue weighted by molar-refractivity contribution is 5.75. The molecule has 2 aromatic carbocycles. The van der Waals surface area contributed by atoms with Crippen LogP contribution in [0, 0.1) is 11.8 Å². The van der Waals surface area contributed by atoms with Gasteiger partial charge in [0.15, 0.2) is 23.0 Å². The van der Waals surface area contributed by atoms with E-state index in [0.29, 0.717) is 35.8 Å². The second kappa shape index (κ2) is 8.93. The minimum absolute atomic E-state index is 0.169. The minimum atomic E-state index is -0.620. The van der Waals surface area contributed by atoms with Gasteiger partial charge in [-0.05, 0) is 48.2 Å². The number of cyclic esters (lactones) is 1. The molecule has 0 bridgehead atoms. The zero-order valence-corrected chi connectivity index (χ0v) is 18.0. The molecule has 1 unspecified atom stereocenters. The maximum absolute atomic E-state index is 12.7. The molecule has 8 nitrogen and oxygen atoms in total. The summed E-state index contributed by atoms with van der Waals surface area (Å²) >= 11 is 0. The van der Waals surface area contributed by atoms with Gasteiger partial charge in [0.1, 0.15) is 0 Å². The summed E-state index contributed by atoms with van der Waals surface area (Å²) < 4.78 is 38.2. The van der Waals surface area contributed by atoms with E-state index in [0.717, 1.165) is 16.9 Å². The zero-order valence-electron chi connectivity index (χ0n) is 18.0. The summed E-state index contributed by atoms with van der Waals surface area (Å²) in [6.45, 7) is 0.217. The van der Waals surface area contributed by atoms with Crippen LogP contribution in [-0.2, 0) is 27.1 Å². The molecule has 31 heavy (non-hydrogen) atoms. The Hall–Kier alpha value is -3.13. The predicted octanol–water partition coefficient (Wildman–Crippen LogP) is 2.99. The van der Waals surface area contributed by atoms with Crippen molar-refractivity contribution < 1.29 is 38.0 Å². The molecule has 4 rings (SSSR count). The van der Waals surface area contributed by atoms with Crippen molar-refractivity contribution in [3.63, 3.8) is 0 Å². The monoisotopic (exact) mass is 430 g/mol. The number of esters is 1. The summed E-state index contributed by atoms with van der Waals surface area (Å²) in [6, 6.07) is 9.50. The van der Waals surface area contributed by atoms with Gasteiger partial charge in [0.2, 0.25) is 18.8 Å². The number of hydrogen-bond donors (Lipinski definition) is 0. The molecule has 2 aliphatic rings. The fourth-order valence-electron chi connectivity index (χ4n) is 4.20. The molecule has 0 radical (unpaired) electrons. The minimum Gasteiger partial charge on any atom is -0.493 e. The molecule has 0 spiro atoms. The van der Waals surface area contributed by atoms with E-state index < -0.39 is 12.2 Å². The highest BCUT2D eigenvalue weighted by atomic mass is 16.7. The second-order valence-corrected chi connectivity index (χ2v) is 7.44. The third-order valence-corrected chi connectivity index (χ3v) is 5.72. The first-order chi connectivity index (χ1) is 15.1. The lowest BCUT2D eigenvalue weighted by Crippen LogP contribution is -2.26. The van der Waals surface area contributed by atoms with Crippen LogP contribution in [-0.4, -0.2) is 47.5 Å². The molecule has 2 aliphatic heterocycles. The van der Waals surface area contributed by atoms with Gasteiger partial charge in [-0.3, -0.25) is 4.79 Å². The van der Waals surface area contributed by atoms with Gasteiger partial charge in [-0.25, -0.2) is 0 Å². The van der Waals surface area contributed by atoms with Crippen molar-refractivity contribution in [3.8, 4) is 28.7 Å². The van der Waals surface area contributed by atoms with Crippen LogP contribution in [0.2, 0.25) is 0 Å². The van der Waals surface area contributed by atoms with E-state index in [9.17, 15) is 4.79 Å². The van der Waals surface area contributed by atoms with Gasteiger partial charge in [0.05, 0.1) is 27.2 Å². The van der Waals surface area contributed by atoms with Crippen molar-refractivity contribution in [1.82, 2.24) is 0 Å². The van der Waals surface area contributed by atoms with Crippen molar-refractivity contribution in [3.05, 3.63) is 41.5 Å². The van der Waals surface area contributed by atoms with Gasteiger partial charge in [-0.1, -0.05) is 6.07 Å². The Bertz CT molecular complexity index is 932. The summed E-state index contributed by atoms with van der Waals surface area (Å²) in [6.07, 6.45) is 0.422. The number of fused-ring (bicyclic) bond motifs is 1. The summed E-state index contributed by atoms with van der Waals surface area (Å²) in [7, 11) is 6.23. The van der Waals surface area contributed by atoms with E-state index in [1.165, 1.54) is 0 Å². The average Bonchev–Trinajstić information content (AvgIpc) is 3.37. The lowest BCUT2D eigenvalue weighted by molar-refractivity contribution is -0.162. The fourth-order valence-corrected chi connectivity index (χ4v) is 4.20. The van der Waals surface area contributed by atoms with E-state index in [1.54, 1.807) is 28.4 Å². The van der Waals surface area contributed by atoms with Crippen LogP contribution in [0.4, 0.5) is 0 Å². The average molecular weight is 430 g/mol. The lowest BCUT2D eigenvalue weighted by atomic mass is 9.84. The van der Waals surface area contributed by atoms with Crippen molar-refractivity contribution in [2.24, 2.45) is 11.8 Å². The van der Waals surface area contributed by atoms with Gasteiger partial charge >= 0.3 is 5.97 Å². The zero-order chi connectivity index (χ0) is 22.0. The largest absolute Gasteiger partial charge is 0.493 e. The Morgan fingerprint density at radius 2 is 1.58 bits per heavy atom. The Morgan fingerprint density at radius 3 is 2.23 bits per heavy atom. The summed E-state index contributed by atoms with van der Waals surface area (Å²) in [5, 5.41) is 0. The standard InChI is InChI=1S/C23H26O8/c1-25-19-10-14(11-20(26-2)21(19)27-3)8-15-16(23(28-4)31-22(15)24)7-13-5-6-17-18(9-13)30-12-29-17/h5-6,9-11,15-16,23H,7-8,12H2,1-4H3/t15-,16-,23?/m1/s1. The normalized spacial score (nSPS) is 21.7. The van der Waals surface area contributed by atoms with E-state index in [2.05, 4.69) is 0 Å². The fraction of sp³-hybridized carbons (Fsp3) is 0.435. The number of carbonyl (C=O) groups is 1. The quantitative estimate of drug-likeness (QED) is 0.592. The van der Waals surface area contributed by atoms with Gasteiger partial charge in [-0.15, -0.1) is 0 Å². The third kappa shape index (κ3) is 4.07. The van der Waals surface area contributed by atoms with Gasteiger partial charge in [-0.2, -0.15) is 0 Å². The van der Waals surface area contributed by atoms with Gasteiger partial charge in [0.25, 0.3) is 0 Å². The summed E-state index contributed by atoms with van der Waals surface area (Å²) in [5.74, 6) is 2.17. The Balaban J connectivity index is 1.60. The van der Waals surface area contributed by atoms with Crippen LogP contribution in [0.1, 0.15) is 11.1 Å². The number of benzene rings is 2. The van der Waals surface area contributed by atoms with Crippen LogP contribution in [0.15, 0.2) is 30.3 Å². The molecule has 1 fully saturated rings. The maximum atomic E-state index is 12.7. The van der Waals surface area contributed by atoms with Crippen LogP contribution in [0.5, 0.6) is 28.7 Å². The molecule has 0 aliphatic carbocycles. The van der Waals surface area contributed by atoms with E-state index in [-0.39, 0.29) is 18.7 Å². The first-order valence-corrected chi connectivity index (χ1v) is 9.98. The molecule has 0 aromatic heterocycles. The first-order valence-electron chi connectivity index (χ1n) is 9.98. The predicted molar refractivity (Wildman–Crippen MR) is 110 cm³/mol.